The van der Waals surface area contributed by atoms with Crippen LogP contribution in [0.5, 0.6) is 0 Å². The molecule has 1 fully saturated rings. The zero-order valence-corrected chi connectivity index (χ0v) is 15.3. The van der Waals surface area contributed by atoms with E-state index in [-0.39, 0.29) is 11.8 Å². The summed E-state index contributed by atoms with van der Waals surface area (Å²) in [6, 6.07) is 7.78. The molecule has 128 valence electrons. The first-order valence-electron chi connectivity index (χ1n) is 7.15. The first-order chi connectivity index (χ1) is 10.6. The third kappa shape index (κ3) is 6.89. The maximum atomic E-state index is 11.7. The SMILES string of the molecule is CC(=O)N(C(C)=O)c1ccccc1C1CCCC1.O=S(=O)(Cl)Cl. The van der Waals surface area contributed by atoms with E-state index in [1.165, 1.54) is 31.6 Å². The van der Waals surface area contributed by atoms with Crippen molar-refractivity contribution in [1.82, 2.24) is 0 Å². The van der Waals surface area contributed by atoms with Gasteiger partial charge in [0.1, 0.15) is 0 Å². The van der Waals surface area contributed by atoms with E-state index >= 15 is 0 Å². The number of halogens is 2. The van der Waals surface area contributed by atoms with Gasteiger partial charge in [-0.05, 0) is 30.4 Å². The number of imide groups is 1. The fourth-order valence-corrected chi connectivity index (χ4v) is 2.83. The lowest BCUT2D eigenvalue weighted by Gasteiger charge is -2.23. The number of nitrogens with zero attached hydrogens (tertiary/aromatic N) is 1. The fraction of sp³-hybridized carbons (Fsp3) is 0.467. The molecule has 8 heteroatoms. The molecule has 23 heavy (non-hydrogen) atoms. The highest BCUT2D eigenvalue weighted by molar-refractivity contribution is 8.31. The van der Waals surface area contributed by atoms with E-state index in [0.717, 1.165) is 24.1 Å². The van der Waals surface area contributed by atoms with Crippen molar-refractivity contribution in [2.24, 2.45) is 0 Å². The number of rotatable bonds is 2. The second-order valence-electron chi connectivity index (χ2n) is 5.29. The molecule has 2 rings (SSSR count). The standard InChI is InChI=1S/C15H19NO2.Cl2O2S/c1-11(17)16(12(2)18)15-10-6-5-9-14(15)13-7-3-4-8-13;1-5(2,3)4/h5-6,9-10,13H,3-4,7-8H2,1-2H3;. The average Bonchev–Trinajstić information content (AvgIpc) is 2.90. The molecule has 0 unspecified atom stereocenters. The third-order valence-corrected chi connectivity index (χ3v) is 3.60. The fourth-order valence-electron chi connectivity index (χ4n) is 2.83. The van der Waals surface area contributed by atoms with Crippen molar-refractivity contribution in [3.05, 3.63) is 29.8 Å². The Morgan fingerprint density at radius 3 is 1.91 bits per heavy atom. The van der Waals surface area contributed by atoms with Crippen molar-refractivity contribution in [3.63, 3.8) is 0 Å². The van der Waals surface area contributed by atoms with E-state index in [1.54, 1.807) is 0 Å². The van der Waals surface area contributed by atoms with Crippen LogP contribution < -0.4 is 4.90 Å². The quantitative estimate of drug-likeness (QED) is 0.729. The molecule has 0 radical (unpaired) electrons. The predicted molar refractivity (Wildman–Crippen MR) is 92.1 cm³/mol. The zero-order valence-electron chi connectivity index (χ0n) is 13.0. The van der Waals surface area contributed by atoms with Gasteiger partial charge in [-0.15, -0.1) is 0 Å². The van der Waals surface area contributed by atoms with E-state index in [0.29, 0.717) is 5.92 Å². The summed E-state index contributed by atoms with van der Waals surface area (Å²) in [5.74, 6) is 0.0586. The van der Waals surface area contributed by atoms with Gasteiger partial charge < -0.3 is 0 Å². The van der Waals surface area contributed by atoms with E-state index in [2.05, 4.69) is 21.4 Å². The van der Waals surface area contributed by atoms with Gasteiger partial charge in [-0.25, -0.2) is 0 Å². The van der Waals surface area contributed by atoms with E-state index in [1.807, 2.05) is 24.3 Å². The first kappa shape index (κ1) is 19.9. The lowest BCUT2D eigenvalue weighted by atomic mass is 9.95. The zero-order chi connectivity index (χ0) is 17.6. The molecule has 1 saturated carbocycles. The van der Waals surface area contributed by atoms with Crippen LogP contribution in [-0.4, -0.2) is 20.2 Å². The molecule has 0 spiro atoms. The van der Waals surface area contributed by atoms with Crippen LogP contribution in [0.1, 0.15) is 51.0 Å². The molecule has 5 nitrogen and oxygen atoms in total. The van der Waals surface area contributed by atoms with Crippen LogP contribution in [0, 0.1) is 0 Å². The number of amides is 2. The Morgan fingerprint density at radius 2 is 1.48 bits per heavy atom. The van der Waals surface area contributed by atoms with Gasteiger partial charge in [0, 0.05) is 35.2 Å². The highest BCUT2D eigenvalue weighted by Gasteiger charge is 2.25. The van der Waals surface area contributed by atoms with Crippen LogP contribution in [0.25, 0.3) is 0 Å². The number of hydrogen-bond acceptors (Lipinski definition) is 4. The van der Waals surface area contributed by atoms with Crippen LogP contribution in [0.4, 0.5) is 5.69 Å². The van der Waals surface area contributed by atoms with E-state index in [4.69, 9.17) is 8.42 Å². The summed E-state index contributed by atoms with van der Waals surface area (Å²) in [6.45, 7) is 2.87. The van der Waals surface area contributed by atoms with E-state index in [9.17, 15) is 9.59 Å². The Kier molecular flexibility index (Phi) is 7.51. The molecule has 0 heterocycles. The minimum atomic E-state index is -3.72. The molecule has 1 aliphatic carbocycles. The maximum Gasteiger partial charge on any atom is 0.317 e. The molecule has 1 aliphatic rings. The Balaban J connectivity index is 0.000000463. The Bertz CT molecular complexity index is 648. The maximum absolute atomic E-state index is 11.7. The summed E-state index contributed by atoms with van der Waals surface area (Å²) >= 11 is 0. The number of hydrogen-bond donors (Lipinski definition) is 0. The van der Waals surface area contributed by atoms with Crippen molar-refractivity contribution < 1.29 is 18.0 Å². The highest BCUT2D eigenvalue weighted by atomic mass is 36.0. The minimum absolute atomic E-state index is 0.215. The van der Waals surface area contributed by atoms with Crippen LogP contribution >= 0.6 is 21.4 Å². The van der Waals surface area contributed by atoms with Crippen molar-refractivity contribution in [1.29, 1.82) is 0 Å². The molecule has 2 amide bonds. The van der Waals surface area contributed by atoms with Gasteiger partial charge in [0.25, 0.3) is 0 Å². The Morgan fingerprint density at radius 1 is 1.04 bits per heavy atom. The first-order valence-corrected chi connectivity index (χ1v) is 10.3. The van der Waals surface area contributed by atoms with Gasteiger partial charge in [-0.3, -0.25) is 14.5 Å². The van der Waals surface area contributed by atoms with Crippen molar-refractivity contribution in [2.45, 2.75) is 45.4 Å². The van der Waals surface area contributed by atoms with Gasteiger partial charge in [0.05, 0.1) is 5.69 Å². The number of benzene rings is 1. The van der Waals surface area contributed by atoms with Crippen LogP contribution in [0.2, 0.25) is 0 Å². The summed E-state index contributed by atoms with van der Waals surface area (Å²) < 4.78 is 18.3. The number of carbonyl (C=O) groups is 2. The monoisotopic (exact) mass is 379 g/mol. The number of anilines is 1. The molecule has 0 aromatic heterocycles. The average molecular weight is 380 g/mol. The van der Waals surface area contributed by atoms with Gasteiger partial charge >= 0.3 is 8.26 Å². The second-order valence-corrected chi connectivity index (χ2v) is 8.96. The minimum Gasteiger partial charge on any atom is -0.274 e. The van der Waals surface area contributed by atoms with Crippen LogP contribution in [-0.2, 0) is 17.9 Å². The van der Waals surface area contributed by atoms with Gasteiger partial charge in [-0.2, -0.15) is 8.42 Å². The van der Waals surface area contributed by atoms with Crippen molar-refractivity contribution >= 4 is 47.1 Å². The third-order valence-electron chi connectivity index (χ3n) is 3.60. The van der Waals surface area contributed by atoms with Gasteiger partial charge in [0.15, 0.2) is 0 Å². The molecule has 0 saturated heterocycles. The highest BCUT2D eigenvalue weighted by Crippen LogP contribution is 2.38. The number of carbonyl (C=O) groups excluding carboxylic acids is 2. The smallest absolute Gasteiger partial charge is 0.274 e. The van der Waals surface area contributed by atoms with Gasteiger partial charge in [0.2, 0.25) is 11.8 Å². The lowest BCUT2D eigenvalue weighted by molar-refractivity contribution is -0.124. The summed E-state index contributed by atoms with van der Waals surface area (Å²) in [5, 5.41) is 0. The lowest BCUT2D eigenvalue weighted by Crippen LogP contribution is -2.34. The second kappa shape index (κ2) is 8.66. The molecular formula is C15H19Cl2NO4S. The summed E-state index contributed by atoms with van der Waals surface area (Å²) in [5.41, 5.74) is 1.91. The van der Waals surface area contributed by atoms with Gasteiger partial charge in [-0.1, -0.05) is 31.0 Å². The number of para-hydroxylation sites is 1. The summed E-state index contributed by atoms with van der Waals surface area (Å²) in [7, 11) is 4.81. The Hall–Kier alpha value is -1.11. The van der Waals surface area contributed by atoms with E-state index < -0.39 is 8.26 Å². The normalized spacial score (nSPS) is 14.8. The molecular weight excluding hydrogens is 361 g/mol. The largest absolute Gasteiger partial charge is 0.317 e. The van der Waals surface area contributed by atoms with Crippen LogP contribution in [0.3, 0.4) is 0 Å². The summed E-state index contributed by atoms with van der Waals surface area (Å²) in [4.78, 5) is 24.6. The van der Waals surface area contributed by atoms with Crippen molar-refractivity contribution in [3.8, 4) is 0 Å². The topological polar surface area (TPSA) is 71.5 Å². The molecule has 0 N–H and O–H groups in total. The summed E-state index contributed by atoms with van der Waals surface area (Å²) in [6.07, 6.45) is 4.78. The predicted octanol–water partition coefficient (Wildman–Crippen LogP) is 3.95. The molecule has 0 aliphatic heterocycles. The molecule has 1 aromatic carbocycles. The molecule has 1 aromatic rings. The Labute approximate surface area is 145 Å². The molecule has 0 atom stereocenters. The molecule has 0 bridgehead atoms. The van der Waals surface area contributed by atoms with Crippen LogP contribution in [0.15, 0.2) is 24.3 Å². The van der Waals surface area contributed by atoms with Crippen molar-refractivity contribution in [2.75, 3.05) is 4.90 Å².